The van der Waals surface area contributed by atoms with Crippen molar-refractivity contribution < 1.29 is 13.2 Å². The third kappa shape index (κ3) is 3.62. The van der Waals surface area contributed by atoms with Crippen LogP contribution in [0.3, 0.4) is 0 Å². The largest absolute Gasteiger partial charge is 0.456 e. The molecular weight excluding hydrogens is 307 g/mol. The predicted molar refractivity (Wildman–Crippen MR) is 74.9 cm³/mol. The summed E-state index contributed by atoms with van der Waals surface area (Å²) < 4.78 is 28.3. The molecule has 19 heavy (non-hydrogen) atoms. The number of hydrogen-bond donors (Lipinski definition) is 0. The van der Waals surface area contributed by atoms with E-state index in [1.54, 1.807) is 18.2 Å². The molecule has 0 bridgehead atoms. The van der Waals surface area contributed by atoms with Gasteiger partial charge in [-0.25, -0.2) is 8.42 Å². The zero-order chi connectivity index (χ0) is 14.0. The lowest BCUT2D eigenvalue weighted by Crippen LogP contribution is -1.97. The molecule has 0 unspecified atom stereocenters. The molecule has 3 nitrogen and oxygen atoms in total. The van der Waals surface area contributed by atoms with Gasteiger partial charge in [-0.1, -0.05) is 23.2 Å². The van der Waals surface area contributed by atoms with Gasteiger partial charge in [0, 0.05) is 11.3 Å². The number of ether oxygens (including phenoxy) is 1. The van der Waals surface area contributed by atoms with Crippen LogP contribution in [-0.4, -0.2) is 14.7 Å². The topological polar surface area (TPSA) is 43.4 Å². The molecule has 0 spiro atoms. The van der Waals surface area contributed by atoms with Crippen molar-refractivity contribution in [1.82, 2.24) is 0 Å². The van der Waals surface area contributed by atoms with E-state index in [1.165, 1.54) is 18.2 Å². The molecule has 0 aliphatic heterocycles. The van der Waals surface area contributed by atoms with Gasteiger partial charge in [0.15, 0.2) is 9.84 Å². The lowest BCUT2D eigenvalue weighted by molar-refractivity contribution is 0.482. The van der Waals surface area contributed by atoms with Crippen LogP contribution in [0.2, 0.25) is 10.0 Å². The minimum Gasteiger partial charge on any atom is -0.456 e. The zero-order valence-electron chi connectivity index (χ0n) is 9.85. The highest BCUT2D eigenvalue weighted by Crippen LogP contribution is 2.32. The van der Waals surface area contributed by atoms with Crippen LogP contribution in [0, 0.1) is 6.07 Å². The second kappa shape index (κ2) is 5.41. The molecule has 0 atom stereocenters. The number of halogens is 2. The van der Waals surface area contributed by atoms with E-state index in [1.807, 2.05) is 0 Å². The summed E-state index contributed by atoms with van der Waals surface area (Å²) in [5.74, 6) is 0.825. The molecule has 0 saturated heterocycles. The summed E-state index contributed by atoms with van der Waals surface area (Å²) >= 11 is 11.8. The molecule has 2 aromatic carbocycles. The molecule has 99 valence electrons. The van der Waals surface area contributed by atoms with Crippen LogP contribution >= 0.6 is 23.2 Å². The highest BCUT2D eigenvalue weighted by atomic mass is 35.5. The van der Waals surface area contributed by atoms with Crippen LogP contribution in [0.15, 0.2) is 41.3 Å². The Balaban J connectivity index is 2.32. The van der Waals surface area contributed by atoms with E-state index in [4.69, 9.17) is 27.9 Å². The molecule has 1 radical (unpaired) electrons. The Morgan fingerprint density at radius 2 is 1.89 bits per heavy atom. The monoisotopic (exact) mass is 315 g/mol. The molecule has 0 saturated carbocycles. The molecule has 0 heterocycles. The van der Waals surface area contributed by atoms with Crippen LogP contribution in [0.5, 0.6) is 11.5 Å². The van der Waals surface area contributed by atoms with E-state index in [9.17, 15) is 8.42 Å². The van der Waals surface area contributed by atoms with Gasteiger partial charge >= 0.3 is 0 Å². The first-order valence-electron chi connectivity index (χ1n) is 5.20. The first kappa shape index (κ1) is 14.2. The van der Waals surface area contributed by atoms with Crippen molar-refractivity contribution in [1.29, 1.82) is 0 Å². The number of rotatable bonds is 3. The summed E-state index contributed by atoms with van der Waals surface area (Å²) in [6.07, 6.45) is 1.12. The lowest BCUT2D eigenvalue weighted by Gasteiger charge is -2.08. The van der Waals surface area contributed by atoms with Crippen molar-refractivity contribution >= 4 is 33.0 Å². The van der Waals surface area contributed by atoms with Gasteiger partial charge in [-0.3, -0.25) is 0 Å². The Kier molecular flexibility index (Phi) is 4.04. The van der Waals surface area contributed by atoms with Crippen molar-refractivity contribution in [3.8, 4) is 11.5 Å². The summed E-state index contributed by atoms with van der Waals surface area (Å²) in [6.45, 7) is 0. The SMILES string of the molecule is CS(=O)(=O)c1ccc(Oc2c[c]cc(Cl)c2)c(Cl)c1. The van der Waals surface area contributed by atoms with E-state index in [0.717, 1.165) is 6.26 Å². The van der Waals surface area contributed by atoms with Gasteiger partial charge in [0.05, 0.1) is 9.92 Å². The van der Waals surface area contributed by atoms with Crippen molar-refractivity contribution in [3.05, 3.63) is 52.5 Å². The number of sulfone groups is 1. The van der Waals surface area contributed by atoms with Crippen LogP contribution in [0.25, 0.3) is 0 Å². The molecule has 0 aliphatic rings. The van der Waals surface area contributed by atoms with Crippen LogP contribution in [0.1, 0.15) is 0 Å². The maximum Gasteiger partial charge on any atom is 0.175 e. The van der Waals surface area contributed by atoms with Crippen LogP contribution in [-0.2, 0) is 9.84 Å². The first-order valence-corrected chi connectivity index (χ1v) is 7.85. The minimum absolute atomic E-state index is 0.141. The summed E-state index contributed by atoms with van der Waals surface area (Å²) in [4.78, 5) is 0.141. The third-order valence-corrected chi connectivity index (χ3v) is 3.91. The fourth-order valence-corrected chi connectivity index (χ4v) is 2.51. The van der Waals surface area contributed by atoms with Gasteiger partial charge in [-0.05, 0) is 42.5 Å². The highest BCUT2D eigenvalue weighted by Gasteiger charge is 2.11. The molecule has 0 aromatic heterocycles. The Labute approximate surface area is 121 Å². The lowest BCUT2D eigenvalue weighted by atomic mass is 10.3. The first-order chi connectivity index (χ1) is 8.86. The van der Waals surface area contributed by atoms with Gasteiger partial charge < -0.3 is 4.74 Å². The summed E-state index contributed by atoms with van der Waals surface area (Å²) in [7, 11) is -3.29. The third-order valence-electron chi connectivity index (χ3n) is 2.29. The standard InChI is InChI=1S/C13H9Cl2O3S/c1-19(16,17)11-5-6-13(12(15)8-11)18-10-4-2-3-9(14)7-10/h3-8H,1H3. The van der Waals surface area contributed by atoms with Crippen molar-refractivity contribution in [3.63, 3.8) is 0 Å². The predicted octanol–water partition coefficient (Wildman–Crippen LogP) is 3.99. The Morgan fingerprint density at radius 1 is 1.16 bits per heavy atom. The van der Waals surface area contributed by atoms with E-state index < -0.39 is 9.84 Å². The van der Waals surface area contributed by atoms with Crippen LogP contribution < -0.4 is 4.74 Å². The normalized spacial score (nSPS) is 11.3. The fraction of sp³-hybridized carbons (Fsp3) is 0.0769. The molecule has 0 aliphatic carbocycles. The van der Waals surface area contributed by atoms with Gasteiger partial charge in [0.2, 0.25) is 0 Å². The van der Waals surface area contributed by atoms with Crippen molar-refractivity contribution in [2.75, 3.05) is 6.26 Å². The summed E-state index contributed by atoms with van der Waals surface area (Å²) in [6, 6.07) is 11.9. The number of hydrogen-bond acceptors (Lipinski definition) is 3. The van der Waals surface area contributed by atoms with Crippen LogP contribution in [0.4, 0.5) is 0 Å². The quantitative estimate of drug-likeness (QED) is 0.860. The summed E-state index contributed by atoms with van der Waals surface area (Å²) in [5.41, 5.74) is 0. The Morgan fingerprint density at radius 3 is 2.47 bits per heavy atom. The maximum atomic E-state index is 11.4. The molecule has 0 amide bonds. The average Bonchev–Trinajstić information content (AvgIpc) is 2.30. The van der Waals surface area contributed by atoms with Crippen molar-refractivity contribution in [2.45, 2.75) is 4.90 Å². The van der Waals surface area contributed by atoms with E-state index in [2.05, 4.69) is 6.07 Å². The average molecular weight is 316 g/mol. The highest BCUT2D eigenvalue weighted by molar-refractivity contribution is 7.90. The van der Waals surface area contributed by atoms with E-state index in [-0.39, 0.29) is 9.92 Å². The minimum atomic E-state index is -3.29. The molecule has 6 heteroatoms. The van der Waals surface area contributed by atoms with Gasteiger partial charge in [0.1, 0.15) is 11.5 Å². The zero-order valence-corrected chi connectivity index (χ0v) is 12.2. The second-order valence-electron chi connectivity index (χ2n) is 3.85. The molecule has 2 rings (SSSR count). The second-order valence-corrected chi connectivity index (χ2v) is 6.71. The molecule has 2 aromatic rings. The van der Waals surface area contributed by atoms with Gasteiger partial charge in [-0.2, -0.15) is 0 Å². The fourth-order valence-electron chi connectivity index (χ4n) is 1.40. The molecule has 0 fully saturated rings. The molecule has 0 N–H and O–H groups in total. The molecular formula is C13H9Cl2O3S. The number of benzene rings is 2. The smallest absolute Gasteiger partial charge is 0.175 e. The Bertz CT molecular complexity index is 712. The Hall–Kier alpha value is -1.23. The van der Waals surface area contributed by atoms with E-state index in [0.29, 0.717) is 16.5 Å². The summed E-state index contributed by atoms with van der Waals surface area (Å²) in [5, 5.41) is 0.698. The van der Waals surface area contributed by atoms with E-state index >= 15 is 0 Å². The van der Waals surface area contributed by atoms with Crippen molar-refractivity contribution in [2.24, 2.45) is 0 Å². The van der Waals surface area contributed by atoms with Gasteiger partial charge in [0.25, 0.3) is 0 Å². The maximum absolute atomic E-state index is 11.4. The van der Waals surface area contributed by atoms with Gasteiger partial charge in [-0.15, -0.1) is 0 Å².